The Hall–Kier alpha value is -7.94. The van der Waals surface area contributed by atoms with E-state index in [-0.39, 0.29) is 0 Å². The summed E-state index contributed by atoms with van der Waals surface area (Å²) in [6.07, 6.45) is 0. The fourth-order valence-electron chi connectivity index (χ4n) is 9.02. The van der Waals surface area contributed by atoms with E-state index in [9.17, 15) is 0 Å². The van der Waals surface area contributed by atoms with Crippen molar-refractivity contribution in [3.63, 3.8) is 0 Å². The zero-order chi connectivity index (χ0) is 39.8. The van der Waals surface area contributed by atoms with Gasteiger partial charge in [-0.3, -0.25) is 0 Å². The molecule has 2 heteroatoms. The molecule has 0 unspecified atom stereocenters. The summed E-state index contributed by atoms with van der Waals surface area (Å²) in [7, 11) is 0. The molecule has 0 N–H and O–H groups in total. The van der Waals surface area contributed by atoms with Crippen LogP contribution in [-0.2, 0) is 0 Å². The maximum atomic E-state index is 2.39. The van der Waals surface area contributed by atoms with E-state index in [4.69, 9.17) is 0 Å². The minimum absolute atomic E-state index is 1.09. The predicted octanol–water partition coefficient (Wildman–Crippen LogP) is 16.1. The summed E-state index contributed by atoms with van der Waals surface area (Å²) in [6, 6.07) is 87.8. The summed E-state index contributed by atoms with van der Waals surface area (Å²) in [5.74, 6) is 0. The van der Waals surface area contributed by atoms with E-state index in [2.05, 4.69) is 252 Å². The Kier molecular flexibility index (Phi) is 8.87. The monoisotopic (exact) mass is 764 g/mol. The molecule has 0 spiro atoms. The minimum atomic E-state index is 1.09. The van der Waals surface area contributed by atoms with E-state index in [1.165, 1.54) is 71.5 Å². The normalized spacial score (nSPS) is 11.3. The van der Waals surface area contributed by atoms with Crippen LogP contribution < -0.4 is 4.90 Å². The Labute approximate surface area is 350 Å². The zero-order valence-electron chi connectivity index (χ0n) is 33.0. The van der Waals surface area contributed by atoms with Crippen LogP contribution in [0.2, 0.25) is 0 Å². The summed E-state index contributed by atoms with van der Waals surface area (Å²) in [4.78, 5) is 2.39. The Morgan fingerprint density at radius 3 is 1.37 bits per heavy atom. The van der Waals surface area contributed by atoms with Gasteiger partial charge in [0.25, 0.3) is 0 Å². The van der Waals surface area contributed by atoms with Crippen LogP contribution in [0.4, 0.5) is 17.1 Å². The fraction of sp³-hybridized carbons (Fsp3) is 0. The first-order valence-electron chi connectivity index (χ1n) is 20.6. The number of hydrogen-bond acceptors (Lipinski definition) is 1. The molecule has 282 valence electrons. The highest BCUT2D eigenvalue weighted by molar-refractivity contribution is 6.09. The van der Waals surface area contributed by atoms with Gasteiger partial charge in [-0.25, -0.2) is 0 Å². The molecule has 0 aliphatic carbocycles. The standard InChI is InChI=1S/C58H40N2/c1-3-16-42(17-4-1)50-24-7-10-29-55(50)59(48-38-34-44(35-39-48)52-28-15-21-45-20-14-27-51(58(45)52)43-18-5-2-6-19-43)47-36-32-41(33-37-47)46-22-13-23-49(40-46)60-56-30-11-8-25-53(56)54-26-9-12-31-57(54)60/h1-40H. The zero-order valence-corrected chi connectivity index (χ0v) is 33.0. The third-order valence-corrected chi connectivity index (χ3v) is 11.8. The van der Waals surface area contributed by atoms with Crippen LogP contribution in [-0.4, -0.2) is 4.57 Å². The highest BCUT2D eigenvalue weighted by Crippen LogP contribution is 2.43. The van der Waals surface area contributed by atoms with E-state index in [0.717, 1.165) is 28.3 Å². The molecule has 60 heavy (non-hydrogen) atoms. The second-order valence-electron chi connectivity index (χ2n) is 15.3. The van der Waals surface area contributed by atoms with Gasteiger partial charge < -0.3 is 9.47 Å². The summed E-state index contributed by atoms with van der Waals surface area (Å²) in [6.45, 7) is 0. The van der Waals surface area contributed by atoms with Crippen molar-refractivity contribution in [2.75, 3.05) is 4.90 Å². The number of hydrogen-bond donors (Lipinski definition) is 0. The molecule has 11 aromatic rings. The van der Waals surface area contributed by atoms with Crippen LogP contribution in [0.1, 0.15) is 0 Å². The third kappa shape index (κ3) is 6.23. The van der Waals surface area contributed by atoms with Crippen LogP contribution in [0.15, 0.2) is 243 Å². The van der Waals surface area contributed by atoms with Gasteiger partial charge in [-0.2, -0.15) is 0 Å². The molecule has 0 bridgehead atoms. The molecule has 0 saturated heterocycles. The van der Waals surface area contributed by atoms with E-state index in [0.29, 0.717) is 0 Å². The molecule has 0 atom stereocenters. The Morgan fingerprint density at radius 2 is 0.750 bits per heavy atom. The average Bonchev–Trinajstić information content (AvgIpc) is 3.67. The van der Waals surface area contributed by atoms with Gasteiger partial charge >= 0.3 is 0 Å². The van der Waals surface area contributed by atoms with Gasteiger partial charge in [0.2, 0.25) is 0 Å². The van der Waals surface area contributed by atoms with Crippen molar-refractivity contribution in [3.05, 3.63) is 243 Å². The SMILES string of the molecule is c1ccc(-c2ccccc2N(c2ccc(-c3cccc(-n4c5ccccc5c5ccccc54)c3)cc2)c2ccc(-c3cccc4cccc(-c5ccccc5)c34)cc2)cc1. The predicted molar refractivity (Wildman–Crippen MR) is 255 cm³/mol. The number of anilines is 3. The quantitative estimate of drug-likeness (QED) is 0.150. The van der Waals surface area contributed by atoms with E-state index < -0.39 is 0 Å². The summed E-state index contributed by atoms with van der Waals surface area (Å²) in [5.41, 5.74) is 16.4. The lowest BCUT2D eigenvalue weighted by Crippen LogP contribution is -2.11. The van der Waals surface area contributed by atoms with Gasteiger partial charge in [-0.15, -0.1) is 0 Å². The molecule has 10 aromatic carbocycles. The van der Waals surface area contributed by atoms with E-state index >= 15 is 0 Å². The minimum Gasteiger partial charge on any atom is -0.310 e. The van der Waals surface area contributed by atoms with Gasteiger partial charge in [-0.05, 0) is 104 Å². The van der Waals surface area contributed by atoms with Crippen LogP contribution in [0, 0.1) is 0 Å². The molecule has 0 aliphatic rings. The maximum Gasteiger partial charge on any atom is 0.0541 e. The summed E-state index contributed by atoms with van der Waals surface area (Å²) >= 11 is 0. The van der Waals surface area contributed by atoms with Gasteiger partial charge in [0.05, 0.1) is 16.7 Å². The smallest absolute Gasteiger partial charge is 0.0541 e. The molecular formula is C58H40N2. The highest BCUT2D eigenvalue weighted by Gasteiger charge is 2.19. The lowest BCUT2D eigenvalue weighted by atomic mass is 9.91. The van der Waals surface area contributed by atoms with Crippen molar-refractivity contribution in [3.8, 4) is 50.2 Å². The highest BCUT2D eigenvalue weighted by atomic mass is 15.1. The number of rotatable bonds is 8. The molecule has 2 nitrogen and oxygen atoms in total. The molecule has 0 radical (unpaired) electrons. The Balaban J connectivity index is 1.01. The molecule has 11 rings (SSSR count). The van der Waals surface area contributed by atoms with Crippen molar-refractivity contribution in [2.24, 2.45) is 0 Å². The largest absolute Gasteiger partial charge is 0.310 e. The number of fused-ring (bicyclic) bond motifs is 4. The lowest BCUT2D eigenvalue weighted by Gasteiger charge is -2.28. The average molecular weight is 765 g/mol. The molecule has 0 saturated carbocycles. The molecule has 1 aromatic heterocycles. The van der Waals surface area contributed by atoms with Crippen molar-refractivity contribution in [1.82, 2.24) is 4.57 Å². The fourth-order valence-corrected chi connectivity index (χ4v) is 9.02. The molecule has 1 heterocycles. The number of nitrogens with zero attached hydrogens (tertiary/aromatic N) is 2. The molecule has 0 aliphatic heterocycles. The Bertz CT molecular complexity index is 3230. The summed E-state index contributed by atoms with van der Waals surface area (Å²) in [5, 5.41) is 5.03. The molecule has 0 fully saturated rings. The topological polar surface area (TPSA) is 8.17 Å². The van der Waals surface area contributed by atoms with Crippen molar-refractivity contribution >= 4 is 49.6 Å². The van der Waals surface area contributed by atoms with Crippen molar-refractivity contribution in [2.45, 2.75) is 0 Å². The second kappa shape index (κ2) is 15.1. The second-order valence-corrected chi connectivity index (χ2v) is 15.3. The van der Waals surface area contributed by atoms with Crippen LogP contribution in [0.3, 0.4) is 0 Å². The van der Waals surface area contributed by atoms with E-state index in [1.807, 2.05) is 0 Å². The lowest BCUT2D eigenvalue weighted by molar-refractivity contribution is 1.18. The Morgan fingerprint density at radius 1 is 0.300 bits per heavy atom. The van der Waals surface area contributed by atoms with Gasteiger partial charge in [0.15, 0.2) is 0 Å². The first kappa shape index (κ1) is 35.2. The number of benzene rings is 10. The van der Waals surface area contributed by atoms with Crippen molar-refractivity contribution < 1.29 is 0 Å². The third-order valence-electron chi connectivity index (χ3n) is 11.8. The maximum absolute atomic E-state index is 2.39. The number of para-hydroxylation sites is 3. The van der Waals surface area contributed by atoms with Gasteiger partial charge in [0.1, 0.15) is 0 Å². The van der Waals surface area contributed by atoms with Crippen LogP contribution in [0.25, 0.3) is 82.8 Å². The first-order chi connectivity index (χ1) is 29.8. The summed E-state index contributed by atoms with van der Waals surface area (Å²) < 4.78 is 2.38. The van der Waals surface area contributed by atoms with Crippen molar-refractivity contribution in [1.29, 1.82) is 0 Å². The first-order valence-corrected chi connectivity index (χ1v) is 20.6. The molecule has 0 amide bonds. The van der Waals surface area contributed by atoms with Crippen LogP contribution >= 0.6 is 0 Å². The molecular weight excluding hydrogens is 725 g/mol. The number of aromatic nitrogens is 1. The van der Waals surface area contributed by atoms with E-state index in [1.54, 1.807) is 0 Å². The van der Waals surface area contributed by atoms with Gasteiger partial charge in [-0.1, -0.05) is 188 Å². The van der Waals surface area contributed by atoms with Gasteiger partial charge in [0, 0.05) is 33.4 Å². The van der Waals surface area contributed by atoms with Crippen LogP contribution in [0.5, 0.6) is 0 Å².